The summed E-state index contributed by atoms with van der Waals surface area (Å²) in [4.78, 5) is 20.8. The summed E-state index contributed by atoms with van der Waals surface area (Å²) in [5.74, 6) is -1.86. The first-order chi connectivity index (χ1) is 5.93. The molecule has 1 atom stereocenters. The standard InChI is InChI=1S/C6H10N2O3SSe.2Na/c7-4(9)2-1-3(5(10)11)8-6(12)13;;/h3H,1-2H2,(H2,7,9)(H,10,11)(H2,8,12,13);;/q;2*+1/p-2/t3-;;/m0../s1. The molecule has 0 aliphatic heterocycles. The maximum atomic E-state index is 10.4. The Morgan fingerprint density at radius 1 is 1.47 bits per heavy atom. The minimum Gasteiger partial charge on any atom is 1.00 e. The fourth-order valence-electron chi connectivity index (χ4n) is 0.678. The Bertz CT molecular complexity index is 242. The molecule has 0 saturated heterocycles. The molecule has 0 aromatic rings. The van der Waals surface area contributed by atoms with E-state index in [-0.39, 0.29) is 75.8 Å². The van der Waals surface area contributed by atoms with Gasteiger partial charge in [0.2, 0.25) is 0 Å². The fraction of sp³-hybridized carbons (Fsp3) is 0.500. The molecule has 0 saturated carbocycles. The van der Waals surface area contributed by atoms with Crippen molar-refractivity contribution in [2.24, 2.45) is 5.73 Å². The Morgan fingerprint density at radius 3 is 2.20 bits per heavy atom. The summed E-state index contributed by atoms with van der Waals surface area (Å²) < 4.78 is 0.221. The normalized spacial score (nSPS) is 10.1. The van der Waals surface area contributed by atoms with Gasteiger partial charge in [-0.2, -0.15) is 0 Å². The fourth-order valence-corrected chi connectivity index (χ4v) is 1.12. The van der Waals surface area contributed by atoms with Crippen molar-refractivity contribution in [3.05, 3.63) is 0 Å². The summed E-state index contributed by atoms with van der Waals surface area (Å²) in [6, 6.07) is -0.971. The minimum absolute atomic E-state index is 0. The van der Waals surface area contributed by atoms with Gasteiger partial charge in [0.1, 0.15) is 0 Å². The average Bonchev–Trinajstić information content (AvgIpc) is 1.96. The summed E-state index contributed by atoms with van der Waals surface area (Å²) >= 11 is 7.02. The van der Waals surface area contributed by atoms with Crippen molar-refractivity contribution in [2.75, 3.05) is 0 Å². The van der Waals surface area contributed by atoms with Crippen LogP contribution >= 0.6 is 12.2 Å². The van der Waals surface area contributed by atoms with E-state index in [2.05, 4.69) is 33.5 Å². The van der Waals surface area contributed by atoms with Crippen molar-refractivity contribution in [3.8, 4) is 0 Å². The number of nitrogens with two attached hydrogens (primary N) is 1. The Labute approximate surface area is 146 Å². The molecule has 0 aromatic heterocycles. The Balaban J connectivity index is -0.000000720. The van der Waals surface area contributed by atoms with E-state index in [0.29, 0.717) is 0 Å². The van der Waals surface area contributed by atoms with Crippen LogP contribution in [0.2, 0.25) is 0 Å². The summed E-state index contributed by atoms with van der Waals surface area (Å²) in [6.45, 7) is 0. The topological polar surface area (TPSA) is 95.2 Å². The van der Waals surface area contributed by atoms with E-state index in [0.717, 1.165) is 0 Å². The number of nitrogens with one attached hydrogen (secondary N) is 1. The number of carboxylic acids is 1. The van der Waals surface area contributed by atoms with Gasteiger partial charge in [-0.25, -0.2) is 0 Å². The number of hydrogen-bond donors (Lipinski definition) is 2. The van der Waals surface area contributed by atoms with Crippen LogP contribution in [0.25, 0.3) is 0 Å². The Kier molecular flexibility index (Phi) is 17.0. The molecule has 0 aromatic carbocycles. The molecule has 0 spiro atoms. The zero-order valence-electron chi connectivity index (χ0n) is 8.61. The van der Waals surface area contributed by atoms with E-state index in [1.165, 1.54) is 0 Å². The SMILES string of the molecule is NC(=O)CC[C@H](NC(=S)[Se-])C(=O)[O-].[Na+].[Na+]. The largest absolute Gasteiger partial charge is 1.00 e. The summed E-state index contributed by atoms with van der Waals surface area (Å²) in [7, 11) is 0. The number of carbonyl (C=O) groups excluding carboxylic acids is 2. The molecular weight excluding hydrogens is 305 g/mol. The van der Waals surface area contributed by atoms with Crippen LogP contribution in [0, 0.1) is 0 Å². The molecule has 0 heterocycles. The first-order valence-corrected chi connectivity index (χ1v) is 4.66. The first-order valence-electron chi connectivity index (χ1n) is 3.40. The van der Waals surface area contributed by atoms with Gasteiger partial charge < -0.3 is 0 Å². The quantitative estimate of drug-likeness (QED) is 0.388. The number of carboxylic acid groups (broad SMARTS) is 1. The number of amides is 1. The number of aliphatic carboxylic acids is 1. The third-order valence-corrected chi connectivity index (χ3v) is 1.62. The number of hydrogen-bond acceptors (Lipinski definition) is 4. The molecule has 1 amide bonds. The van der Waals surface area contributed by atoms with Crippen LogP contribution in [-0.2, 0) is 9.59 Å². The molecule has 9 heteroatoms. The van der Waals surface area contributed by atoms with Crippen molar-refractivity contribution in [1.82, 2.24) is 5.32 Å². The van der Waals surface area contributed by atoms with Crippen LogP contribution in [0.5, 0.6) is 0 Å². The van der Waals surface area contributed by atoms with Crippen LogP contribution < -0.4 is 75.3 Å². The number of primary amides is 1. The molecule has 74 valence electrons. The Morgan fingerprint density at radius 2 is 1.93 bits per heavy atom. The summed E-state index contributed by atoms with van der Waals surface area (Å²) in [5.41, 5.74) is 4.85. The predicted octanol–water partition coefficient (Wildman–Crippen LogP) is -8.58. The van der Waals surface area contributed by atoms with Gasteiger partial charge in [-0.15, -0.1) is 0 Å². The molecule has 5 nitrogen and oxygen atoms in total. The van der Waals surface area contributed by atoms with Gasteiger partial charge in [-0.05, 0) is 0 Å². The van der Waals surface area contributed by atoms with Gasteiger partial charge in [-0.3, -0.25) is 0 Å². The monoisotopic (exact) mass is 314 g/mol. The maximum Gasteiger partial charge on any atom is 1.00 e. The molecule has 15 heavy (non-hydrogen) atoms. The number of carbonyl (C=O) groups is 2. The van der Waals surface area contributed by atoms with Gasteiger partial charge in [0.15, 0.2) is 0 Å². The third-order valence-electron chi connectivity index (χ3n) is 1.26. The van der Waals surface area contributed by atoms with Crippen molar-refractivity contribution < 1.29 is 73.8 Å². The molecule has 3 N–H and O–H groups in total. The molecule has 0 radical (unpaired) electrons. The second-order valence-electron chi connectivity index (χ2n) is 2.31. The van der Waals surface area contributed by atoms with Crippen molar-refractivity contribution in [2.45, 2.75) is 18.9 Å². The molecule has 0 aliphatic carbocycles. The zero-order chi connectivity index (χ0) is 10.4. The van der Waals surface area contributed by atoms with Gasteiger partial charge in [-0.1, -0.05) is 0 Å². The van der Waals surface area contributed by atoms with E-state index >= 15 is 0 Å². The van der Waals surface area contributed by atoms with Crippen molar-refractivity contribution in [1.29, 1.82) is 0 Å². The number of thiocarbonyl (C=S) groups is 1. The van der Waals surface area contributed by atoms with E-state index in [4.69, 9.17) is 5.73 Å². The van der Waals surface area contributed by atoms with E-state index in [1.807, 2.05) is 0 Å². The number of rotatable bonds is 5. The zero-order valence-corrected chi connectivity index (χ0v) is 15.1. The van der Waals surface area contributed by atoms with Gasteiger partial charge in [0, 0.05) is 0 Å². The second-order valence-corrected chi connectivity index (χ2v) is 4.16. The molecule has 0 rings (SSSR count). The Hall–Kier alpha value is 1.35. The van der Waals surface area contributed by atoms with E-state index in [9.17, 15) is 14.7 Å². The summed E-state index contributed by atoms with van der Waals surface area (Å²) in [5, 5.41) is 12.9. The third kappa shape index (κ3) is 13.3. The van der Waals surface area contributed by atoms with Crippen LogP contribution in [0.3, 0.4) is 0 Å². The van der Waals surface area contributed by atoms with Gasteiger partial charge in [0.05, 0.1) is 0 Å². The van der Waals surface area contributed by atoms with E-state index in [1.54, 1.807) is 0 Å². The predicted molar refractivity (Wildman–Crippen MR) is 48.7 cm³/mol. The first kappa shape index (κ1) is 21.6. The van der Waals surface area contributed by atoms with Crippen LogP contribution in [0.1, 0.15) is 12.8 Å². The molecule has 0 bridgehead atoms. The van der Waals surface area contributed by atoms with Crippen molar-refractivity contribution in [3.63, 3.8) is 0 Å². The maximum absolute atomic E-state index is 10.4. The van der Waals surface area contributed by atoms with Crippen LogP contribution in [0.4, 0.5) is 0 Å². The van der Waals surface area contributed by atoms with Crippen molar-refractivity contribution >= 4 is 44.0 Å². The molecular formula is C6H8N2Na2O3SSe. The van der Waals surface area contributed by atoms with Gasteiger partial charge in [0.25, 0.3) is 0 Å². The van der Waals surface area contributed by atoms with Crippen LogP contribution in [0.15, 0.2) is 0 Å². The smallest absolute Gasteiger partial charge is 1.00 e. The van der Waals surface area contributed by atoms with Gasteiger partial charge >= 0.3 is 148 Å². The molecule has 0 fully saturated rings. The van der Waals surface area contributed by atoms with E-state index < -0.39 is 17.9 Å². The molecule has 0 aliphatic rings. The molecule has 0 unspecified atom stereocenters. The minimum atomic E-state index is -1.31. The average molecular weight is 313 g/mol. The summed E-state index contributed by atoms with van der Waals surface area (Å²) in [6.07, 6.45) is 0.0494. The van der Waals surface area contributed by atoms with Crippen LogP contribution in [-0.4, -0.2) is 37.8 Å². The second kappa shape index (κ2) is 11.8.